The van der Waals surface area contributed by atoms with Crippen LogP contribution in [0.5, 0.6) is 0 Å². The molecule has 0 aliphatic rings. The minimum atomic E-state index is -1.09. The quantitative estimate of drug-likeness (QED) is 0.784. The van der Waals surface area contributed by atoms with Crippen molar-refractivity contribution in [1.29, 1.82) is 5.26 Å². The smallest absolute Gasteiger partial charge is 0.330 e. The van der Waals surface area contributed by atoms with Crippen molar-refractivity contribution < 1.29 is 9.53 Å². The van der Waals surface area contributed by atoms with E-state index >= 15 is 0 Å². The van der Waals surface area contributed by atoms with Crippen LogP contribution in [0.3, 0.4) is 0 Å². The number of carbonyl (C=O) groups is 1. The van der Waals surface area contributed by atoms with Gasteiger partial charge in [-0.25, -0.2) is 0 Å². The molecule has 0 spiro atoms. The number of hydrogen-bond donors (Lipinski definition) is 1. The first-order valence-corrected chi connectivity index (χ1v) is 5.18. The zero-order chi connectivity index (χ0) is 13.1. The van der Waals surface area contributed by atoms with Gasteiger partial charge in [0.05, 0.1) is 17.5 Å². The maximum Gasteiger partial charge on any atom is 0.330 e. The van der Waals surface area contributed by atoms with E-state index in [0.29, 0.717) is 5.69 Å². The first-order valence-electron chi connectivity index (χ1n) is 5.18. The minimum Gasteiger partial charge on any atom is -0.459 e. The van der Waals surface area contributed by atoms with Crippen LogP contribution in [0.15, 0.2) is 18.3 Å². The number of esters is 1. The Balaban J connectivity index is 2.98. The second-order valence-electron chi connectivity index (χ2n) is 4.57. The number of aromatic nitrogens is 1. The van der Waals surface area contributed by atoms with Gasteiger partial charge in [-0.2, -0.15) is 5.26 Å². The Morgan fingerprint density at radius 1 is 1.59 bits per heavy atom. The molecule has 0 amide bonds. The van der Waals surface area contributed by atoms with Gasteiger partial charge in [0, 0.05) is 6.20 Å². The fourth-order valence-corrected chi connectivity index (χ4v) is 1.26. The lowest BCUT2D eigenvalue weighted by atomic mass is 10.0. The van der Waals surface area contributed by atoms with Crippen LogP contribution in [0.1, 0.15) is 32.4 Å². The van der Waals surface area contributed by atoms with Gasteiger partial charge in [0.15, 0.2) is 5.92 Å². The molecule has 0 aliphatic heterocycles. The van der Waals surface area contributed by atoms with Crippen LogP contribution in [-0.2, 0) is 9.53 Å². The number of ether oxygens (including phenoxy) is 1. The predicted octanol–water partition coefficient (Wildman–Crippen LogP) is 1.61. The number of rotatable bonds is 2. The SMILES string of the molecule is CC(C)(C)OC(=O)[C@@H](C#N)c1ncccc1N. The molecule has 1 atom stereocenters. The highest BCUT2D eigenvalue weighted by Crippen LogP contribution is 2.22. The summed E-state index contributed by atoms with van der Waals surface area (Å²) in [7, 11) is 0. The van der Waals surface area contributed by atoms with Crippen LogP contribution in [0, 0.1) is 11.3 Å². The van der Waals surface area contributed by atoms with Gasteiger partial charge < -0.3 is 10.5 Å². The third-order valence-corrected chi connectivity index (χ3v) is 1.92. The van der Waals surface area contributed by atoms with Crippen molar-refractivity contribution in [2.75, 3.05) is 5.73 Å². The van der Waals surface area contributed by atoms with Gasteiger partial charge in [-0.05, 0) is 32.9 Å². The summed E-state index contributed by atoms with van der Waals surface area (Å²) in [5.74, 6) is -1.72. The first kappa shape index (κ1) is 13.0. The van der Waals surface area contributed by atoms with Crippen LogP contribution >= 0.6 is 0 Å². The molecule has 0 saturated heterocycles. The molecule has 0 saturated carbocycles. The summed E-state index contributed by atoms with van der Waals surface area (Å²) < 4.78 is 5.14. The third kappa shape index (κ3) is 3.45. The van der Waals surface area contributed by atoms with Crippen molar-refractivity contribution >= 4 is 11.7 Å². The van der Waals surface area contributed by atoms with E-state index < -0.39 is 17.5 Å². The Morgan fingerprint density at radius 3 is 2.71 bits per heavy atom. The summed E-state index contributed by atoms with van der Waals surface area (Å²) in [6.45, 7) is 5.21. The zero-order valence-electron chi connectivity index (χ0n) is 10.1. The molecule has 5 nitrogen and oxygen atoms in total. The van der Waals surface area contributed by atoms with Crippen LogP contribution in [-0.4, -0.2) is 16.6 Å². The molecule has 17 heavy (non-hydrogen) atoms. The fourth-order valence-electron chi connectivity index (χ4n) is 1.26. The van der Waals surface area contributed by atoms with E-state index in [1.807, 2.05) is 6.07 Å². The molecule has 1 heterocycles. The Morgan fingerprint density at radius 2 is 2.24 bits per heavy atom. The van der Waals surface area contributed by atoms with E-state index in [4.69, 9.17) is 15.7 Å². The molecule has 1 aromatic rings. The summed E-state index contributed by atoms with van der Waals surface area (Å²) in [5, 5.41) is 9.02. The summed E-state index contributed by atoms with van der Waals surface area (Å²) in [6.07, 6.45) is 1.49. The molecule has 0 radical (unpaired) electrons. The van der Waals surface area contributed by atoms with Gasteiger partial charge in [0.1, 0.15) is 5.60 Å². The van der Waals surface area contributed by atoms with Crippen LogP contribution in [0.25, 0.3) is 0 Å². The lowest BCUT2D eigenvalue weighted by Gasteiger charge is -2.21. The maximum absolute atomic E-state index is 11.8. The largest absolute Gasteiger partial charge is 0.459 e. The highest BCUT2D eigenvalue weighted by molar-refractivity contribution is 5.82. The molecule has 5 heteroatoms. The second-order valence-corrected chi connectivity index (χ2v) is 4.57. The molecule has 0 aliphatic carbocycles. The van der Waals surface area contributed by atoms with Crippen molar-refractivity contribution in [2.24, 2.45) is 0 Å². The number of hydrogen-bond acceptors (Lipinski definition) is 5. The van der Waals surface area contributed by atoms with Crippen molar-refractivity contribution in [3.05, 3.63) is 24.0 Å². The highest BCUT2D eigenvalue weighted by atomic mass is 16.6. The minimum absolute atomic E-state index is 0.240. The monoisotopic (exact) mass is 233 g/mol. The average molecular weight is 233 g/mol. The predicted molar refractivity (Wildman–Crippen MR) is 62.8 cm³/mol. The van der Waals surface area contributed by atoms with E-state index in [1.165, 1.54) is 6.20 Å². The van der Waals surface area contributed by atoms with Crippen molar-refractivity contribution in [3.63, 3.8) is 0 Å². The van der Waals surface area contributed by atoms with Gasteiger partial charge in [-0.15, -0.1) is 0 Å². The van der Waals surface area contributed by atoms with Crippen LogP contribution in [0.2, 0.25) is 0 Å². The Bertz CT molecular complexity index is 458. The number of nitrogen functional groups attached to an aromatic ring is 1. The number of carbonyl (C=O) groups excluding carboxylic acids is 1. The Kier molecular flexibility index (Phi) is 3.69. The van der Waals surface area contributed by atoms with Crippen molar-refractivity contribution in [2.45, 2.75) is 32.3 Å². The molecule has 0 fully saturated rings. The van der Waals surface area contributed by atoms with Crippen LogP contribution in [0.4, 0.5) is 5.69 Å². The number of nitriles is 1. The number of pyridine rings is 1. The lowest BCUT2D eigenvalue weighted by molar-refractivity contribution is -0.155. The average Bonchev–Trinajstić information content (AvgIpc) is 2.19. The summed E-state index contributed by atoms with van der Waals surface area (Å²) in [5.41, 5.74) is 5.58. The van der Waals surface area contributed by atoms with Gasteiger partial charge in [-0.1, -0.05) is 0 Å². The lowest BCUT2D eigenvalue weighted by Crippen LogP contribution is -2.28. The Labute approximate surface area is 100 Å². The molecule has 0 unspecified atom stereocenters. The highest BCUT2D eigenvalue weighted by Gasteiger charge is 2.28. The van der Waals surface area contributed by atoms with Gasteiger partial charge in [0.2, 0.25) is 0 Å². The van der Waals surface area contributed by atoms with Gasteiger partial charge in [0.25, 0.3) is 0 Å². The van der Waals surface area contributed by atoms with Gasteiger partial charge >= 0.3 is 5.97 Å². The van der Waals surface area contributed by atoms with E-state index in [2.05, 4.69) is 4.98 Å². The summed E-state index contributed by atoms with van der Waals surface area (Å²) in [4.78, 5) is 15.8. The number of nitrogens with zero attached hydrogens (tertiary/aromatic N) is 2. The third-order valence-electron chi connectivity index (χ3n) is 1.92. The standard InChI is InChI=1S/C12H15N3O2/c1-12(2,3)17-11(16)8(7-13)10-9(14)5-4-6-15-10/h4-6,8H,14H2,1-3H3/t8-/m0/s1. The number of nitrogens with two attached hydrogens (primary N) is 1. The molecule has 1 aromatic heterocycles. The normalized spacial score (nSPS) is 12.6. The second kappa shape index (κ2) is 4.83. The molecule has 0 aromatic carbocycles. The van der Waals surface area contributed by atoms with E-state index in [0.717, 1.165) is 0 Å². The van der Waals surface area contributed by atoms with E-state index in [1.54, 1.807) is 32.9 Å². The van der Waals surface area contributed by atoms with Crippen molar-refractivity contribution in [1.82, 2.24) is 4.98 Å². The molecule has 1 rings (SSSR count). The molecular formula is C12H15N3O2. The molecule has 90 valence electrons. The first-order chi connectivity index (χ1) is 7.85. The topological polar surface area (TPSA) is 89.0 Å². The number of anilines is 1. The van der Waals surface area contributed by atoms with E-state index in [-0.39, 0.29) is 5.69 Å². The van der Waals surface area contributed by atoms with Gasteiger partial charge in [-0.3, -0.25) is 9.78 Å². The molecular weight excluding hydrogens is 218 g/mol. The van der Waals surface area contributed by atoms with Crippen LogP contribution < -0.4 is 5.73 Å². The summed E-state index contributed by atoms with van der Waals surface area (Å²) >= 11 is 0. The van der Waals surface area contributed by atoms with Crippen molar-refractivity contribution in [3.8, 4) is 6.07 Å². The zero-order valence-corrected chi connectivity index (χ0v) is 10.1. The molecule has 0 bridgehead atoms. The fraction of sp³-hybridized carbons (Fsp3) is 0.417. The molecule has 2 N–H and O–H groups in total. The maximum atomic E-state index is 11.8. The summed E-state index contributed by atoms with van der Waals surface area (Å²) in [6, 6.07) is 5.10. The Hall–Kier alpha value is -2.09. The van der Waals surface area contributed by atoms with E-state index in [9.17, 15) is 4.79 Å².